The van der Waals surface area contributed by atoms with Crippen LogP contribution in [-0.2, 0) is 0 Å². The Hall–Kier alpha value is -1.79. The summed E-state index contributed by atoms with van der Waals surface area (Å²) in [7, 11) is 0. The molecule has 0 atom stereocenters. The highest BCUT2D eigenvalue weighted by Gasteiger charge is 2.21. The molecule has 0 aliphatic carbocycles. The lowest BCUT2D eigenvalue weighted by Gasteiger charge is -2.33. The second kappa shape index (κ2) is 7.72. The molecule has 1 fully saturated rings. The van der Waals surface area contributed by atoms with Crippen molar-refractivity contribution in [3.8, 4) is 11.8 Å². The largest absolute Gasteiger partial charge is 0.336 e. The van der Waals surface area contributed by atoms with Gasteiger partial charge in [0.15, 0.2) is 0 Å². The molecule has 20 heavy (non-hydrogen) atoms. The molecule has 3 heteroatoms. The van der Waals surface area contributed by atoms with E-state index in [-0.39, 0.29) is 5.91 Å². The molecule has 1 amide bonds. The number of hydrogen-bond acceptors (Lipinski definition) is 2. The van der Waals surface area contributed by atoms with Crippen molar-refractivity contribution in [2.75, 3.05) is 32.7 Å². The van der Waals surface area contributed by atoms with Gasteiger partial charge in [0.05, 0.1) is 6.54 Å². The van der Waals surface area contributed by atoms with Crippen molar-refractivity contribution >= 4 is 5.91 Å². The van der Waals surface area contributed by atoms with E-state index in [9.17, 15) is 4.79 Å². The van der Waals surface area contributed by atoms with Gasteiger partial charge in [-0.1, -0.05) is 31.0 Å². The summed E-state index contributed by atoms with van der Waals surface area (Å²) in [5, 5.41) is 0. The summed E-state index contributed by atoms with van der Waals surface area (Å²) in [4.78, 5) is 16.5. The topological polar surface area (TPSA) is 23.6 Å². The first-order valence-corrected chi connectivity index (χ1v) is 7.33. The molecule has 0 spiro atoms. The second-order valence-electron chi connectivity index (χ2n) is 5.04. The number of piperazine rings is 1. The average Bonchev–Trinajstić information content (AvgIpc) is 2.52. The fourth-order valence-corrected chi connectivity index (χ4v) is 2.25. The van der Waals surface area contributed by atoms with Gasteiger partial charge in [-0.25, -0.2) is 0 Å². The third kappa shape index (κ3) is 4.11. The summed E-state index contributed by atoms with van der Waals surface area (Å²) in [5.41, 5.74) is 0.781. The van der Waals surface area contributed by atoms with Crippen molar-refractivity contribution in [1.29, 1.82) is 0 Å². The van der Waals surface area contributed by atoms with Crippen LogP contribution in [0.25, 0.3) is 0 Å². The first kappa shape index (κ1) is 14.6. The molecule has 1 aliphatic heterocycles. The highest BCUT2D eigenvalue weighted by atomic mass is 16.2. The molecule has 1 heterocycles. The van der Waals surface area contributed by atoms with Gasteiger partial charge in [0.1, 0.15) is 0 Å². The van der Waals surface area contributed by atoms with Crippen molar-refractivity contribution in [3.63, 3.8) is 0 Å². The number of carbonyl (C=O) groups is 1. The van der Waals surface area contributed by atoms with Crippen LogP contribution in [0.2, 0.25) is 0 Å². The minimum absolute atomic E-state index is 0.141. The highest BCUT2D eigenvalue weighted by Crippen LogP contribution is 2.08. The van der Waals surface area contributed by atoms with Crippen LogP contribution in [-0.4, -0.2) is 48.4 Å². The number of benzene rings is 1. The second-order valence-corrected chi connectivity index (χ2v) is 5.04. The summed E-state index contributed by atoms with van der Waals surface area (Å²) < 4.78 is 0. The molecular formula is C17H22N2O. The van der Waals surface area contributed by atoms with Gasteiger partial charge in [0.25, 0.3) is 5.91 Å². The Morgan fingerprint density at radius 3 is 2.45 bits per heavy atom. The smallest absolute Gasteiger partial charge is 0.253 e. The highest BCUT2D eigenvalue weighted by molar-refractivity contribution is 5.94. The minimum Gasteiger partial charge on any atom is -0.336 e. The van der Waals surface area contributed by atoms with Crippen molar-refractivity contribution in [1.82, 2.24) is 9.80 Å². The molecule has 0 N–H and O–H groups in total. The molecule has 1 saturated heterocycles. The maximum atomic E-state index is 12.3. The lowest BCUT2D eigenvalue weighted by Crippen LogP contribution is -2.48. The van der Waals surface area contributed by atoms with E-state index in [0.29, 0.717) is 0 Å². The van der Waals surface area contributed by atoms with Gasteiger partial charge in [-0.2, -0.15) is 0 Å². The molecule has 1 aromatic carbocycles. The third-order valence-corrected chi connectivity index (χ3v) is 3.48. The minimum atomic E-state index is 0.141. The lowest BCUT2D eigenvalue weighted by atomic mass is 10.2. The zero-order valence-corrected chi connectivity index (χ0v) is 12.1. The average molecular weight is 270 g/mol. The van der Waals surface area contributed by atoms with E-state index in [0.717, 1.165) is 51.1 Å². The lowest BCUT2D eigenvalue weighted by molar-refractivity contribution is 0.0652. The van der Waals surface area contributed by atoms with E-state index >= 15 is 0 Å². The van der Waals surface area contributed by atoms with E-state index < -0.39 is 0 Å². The van der Waals surface area contributed by atoms with Gasteiger partial charge in [-0.3, -0.25) is 9.69 Å². The van der Waals surface area contributed by atoms with Crippen LogP contribution in [0.3, 0.4) is 0 Å². The van der Waals surface area contributed by atoms with Crippen LogP contribution in [0, 0.1) is 11.8 Å². The molecule has 1 aromatic rings. The normalized spacial score (nSPS) is 15.6. The SMILES string of the molecule is CCCC#CCN1CCN(C(=O)c2ccccc2)CC1. The third-order valence-electron chi connectivity index (χ3n) is 3.48. The Morgan fingerprint density at radius 2 is 1.80 bits per heavy atom. The number of rotatable bonds is 3. The zero-order chi connectivity index (χ0) is 14.2. The number of amides is 1. The van der Waals surface area contributed by atoms with Gasteiger partial charge in [0, 0.05) is 38.2 Å². The summed E-state index contributed by atoms with van der Waals surface area (Å²) in [5.74, 6) is 6.52. The first-order valence-electron chi connectivity index (χ1n) is 7.33. The Kier molecular flexibility index (Phi) is 5.64. The maximum Gasteiger partial charge on any atom is 0.253 e. The summed E-state index contributed by atoms with van der Waals surface area (Å²) in [6.45, 7) is 6.39. The maximum absolute atomic E-state index is 12.3. The van der Waals surface area contributed by atoms with Crippen LogP contribution in [0.1, 0.15) is 30.1 Å². The molecule has 0 radical (unpaired) electrons. The van der Waals surface area contributed by atoms with E-state index in [2.05, 4.69) is 23.7 Å². The van der Waals surface area contributed by atoms with Crippen LogP contribution in [0.4, 0.5) is 0 Å². The fraction of sp³-hybridized carbons (Fsp3) is 0.471. The van der Waals surface area contributed by atoms with Gasteiger partial charge in [0.2, 0.25) is 0 Å². The van der Waals surface area contributed by atoms with Crippen LogP contribution in [0.5, 0.6) is 0 Å². The molecular weight excluding hydrogens is 248 g/mol. The predicted molar refractivity (Wildman–Crippen MR) is 81.5 cm³/mol. The molecule has 3 nitrogen and oxygen atoms in total. The molecule has 0 aromatic heterocycles. The van der Waals surface area contributed by atoms with Crippen molar-refractivity contribution in [2.45, 2.75) is 19.8 Å². The number of carbonyl (C=O) groups excluding carboxylic acids is 1. The molecule has 0 unspecified atom stereocenters. The van der Waals surface area contributed by atoms with Crippen molar-refractivity contribution < 1.29 is 4.79 Å². The number of nitrogens with zero attached hydrogens (tertiary/aromatic N) is 2. The fourth-order valence-electron chi connectivity index (χ4n) is 2.25. The van der Waals surface area contributed by atoms with Crippen LogP contribution < -0.4 is 0 Å². The van der Waals surface area contributed by atoms with Gasteiger partial charge < -0.3 is 4.90 Å². The predicted octanol–water partition coefficient (Wildman–Crippen LogP) is 2.25. The Balaban J connectivity index is 1.80. The standard InChI is InChI=1S/C17H22N2O/c1-2-3-4-8-11-18-12-14-19(15-13-18)17(20)16-9-6-5-7-10-16/h5-7,9-10H,2-3,11-15H2,1H3. The number of unbranched alkanes of at least 4 members (excludes halogenated alkanes) is 1. The van der Waals surface area contributed by atoms with E-state index in [1.165, 1.54) is 0 Å². The Morgan fingerprint density at radius 1 is 1.10 bits per heavy atom. The summed E-state index contributed by atoms with van der Waals surface area (Å²) in [6, 6.07) is 9.51. The Bertz CT molecular complexity index is 479. The molecule has 2 rings (SSSR count). The van der Waals surface area contributed by atoms with Crippen LogP contribution >= 0.6 is 0 Å². The zero-order valence-electron chi connectivity index (χ0n) is 12.1. The van der Waals surface area contributed by atoms with Crippen LogP contribution in [0.15, 0.2) is 30.3 Å². The Labute approximate surface area is 121 Å². The van der Waals surface area contributed by atoms with E-state index in [4.69, 9.17) is 0 Å². The summed E-state index contributed by atoms with van der Waals surface area (Å²) in [6.07, 6.45) is 2.10. The quantitative estimate of drug-likeness (QED) is 0.787. The monoisotopic (exact) mass is 270 g/mol. The first-order chi connectivity index (χ1) is 9.81. The summed E-state index contributed by atoms with van der Waals surface area (Å²) >= 11 is 0. The van der Waals surface area contributed by atoms with Gasteiger partial charge >= 0.3 is 0 Å². The van der Waals surface area contributed by atoms with Gasteiger partial charge in [-0.15, -0.1) is 5.92 Å². The van der Waals surface area contributed by atoms with E-state index in [1.54, 1.807) is 0 Å². The van der Waals surface area contributed by atoms with Gasteiger partial charge in [-0.05, 0) is 18.6 Å². The van der Waals surface area contributed by atoms with Crippen molar-refractivity contribution in [3.05, 3.63) is 35.9 Å². The molecule has 1 aliphatic rings. The molecule has 0 bridgehead atoms. The van der Waals surface area contributed by atoms with E-state index in [1.807, 2.05) is 35.2 Å². The molecule has 0 saturated carbocycles. The van der Waals surface area contributed by atoms with Crippen molar-refractivity contribution in [2.24, 2.45) is 0 Å². The number of hydrogen-bond donors (Lipinski definition) is 0. The molecule has 106 valence electrons.